The third kappa shape index (κ3) is 36.6. The molecule has 0 rings (SSSR count). The van der Waals surface area contributed by atoms with Crippen molar-refractivity contribution < 1.29 is 21.1 Å². The van der Waals surface area contributed by atoms with Crippen LogP contribution in [0.3, 0.4) is 0 Å². The van der Waals surface area contributed by atoms with E-state index in [-0.39, 0.29) is 36.9 Å². The minimum Gasteiger partial charge on any atom is -0.343 e. The standard InChI is InChI=1S/2C12H27P.2C10H19.Pt/c2*1-10(2,3)13(11(4,5)6)12(7,8)9;2*1-3-5-7-9-10-8-6-4-2;/h2*1-9H3;2*3H,1-2,4-10H2;/q;;2*-1;+2. The van der Waals surface area contributed by atoms with Crippen LogP contribution in [-0.4, -0.2) is 30.9 Å². The van der Waals surface area contributed by atoms with Gasteiger partial charge in [-0.25, -0.2) is 0 Å². The first-order chi connectivity index (χ1) is 20.6. The van der Waals surface area contributed by atoms with Crippen molar-refractivity contribution in [3.8, 4) is 0 Å². The van der Waals surface area contributed by atoms with Gasteiger partial charge >= 0.3 is 21.1 Å². The van der Waals surface area contributed by atoms with Crippen molar-refractivity contribution in [2.24, 2.45) is 0 Å². The molecule has 0 saturated heterocycles. The molecule has 0 aromatic carbocycles. The predicted octanol–water partition coefficient (Wildman–Crippen LogP) is 17.2. The third-order valence-corrected chi connectivity index (χ3v) is 15.4. The zero-order chi connectivity index (χ0) is 37.5. The summed E-state index contributed by atoms with van der Waals surface area (Å²) in [5.74, 6) is 0. The molecule has 0 unspecified atom stereocenters. The maximum atomic E-state index is 3.80. The minimum absolute atomic E-state index is 0. The molecule has 0 aromatic rings. The number of hydrogen-bond acceptors (Lipinski definition) is 0. The molecule has 0 radical (unpaired) electrons. The van der Waals surface area contributed by atoms with Crippen LogP contribution in [0.5, 0.6) is 0 Å². The number of rotatable bonds is 14. The molecule has 0 atom stereocenters. The van der Waals surface area contributed by atoms with Crippen molar-refractivity contribution in [2.45, 2.75) is 245 Å². The SMILES string of the molecule is C=CCCCCCCC[CH2-].C=CCCCCCCC[CH2-].CC(C)(C)P(C(C)(C)C)C(C)(C)C.CC(C)(C)P(C(C)(C)C)C(C)(C)C.[Pt+2]. The molecule has 3 heteroatoms. The van der Waals surface area contributed by atoms with Crippen molar-refractivity contribution in [2.75, 3.05) is 0 Å². The Morgan fingerprint density at radius 3 is 0.660 bits per heavy atom. The van der Waals surface area contributed by atoms with Gasteiger partial charge in [0.1, 0.15) is 0 Å². The van der Waals surface area contributed by atoms with E-state index in [1.54, 1.807) is 0 Å². The summed E-state index contributed by atoms with van der Waals surface area (Å²) >= 11 is 0. The molecule has 0 amide bonds. The first-order valence-electron chi connectivity index (χ1n) is 19.0. The van der Waals surface area contributed by atoms with Crippen molar-refractivity contribution in [3.05, 3.63) is 39.2 Å². The quantitative estimate of drug-likeness (QED) is 0.0706. The molecular formula is C44H92P2Pt. The van der Waals surface area contributed by atoms with Gasteiger partial charge in [0.05, 0.1) is 0 Å². The Morgan fingerprint density at radius 2 is 0.532 bits per heavy atom. The molecule has 0 aliphatic rings. The Bertz CT molecular complexity index is 568. The van der Waals surface area contributed by atoms with Gasteiger partial charge in [-0.2, -0.15) is 12.8 Å². The Morgan fingerprint density at radius 1 is 0.362 bits per heavy atom. The molecule has 0 nitrogen and oxygen atoms in total. The molecular weight excluding hydrogens is 786 g/mol. The largest absolute Gasteiger partial charge is 2.00 e. The van der Waals surface area contributed by atoms with Crippen LogP contribution < -0.4 is 0 Å². The van der Waals surface area contributed by atoms with Gasteiger partial charge in [0.2, 0.25) is 0 Å². The Labute approximate surface area is 319 Å². The van der Waals surface area contributed by atoms with E-state index in [9.17, 15) is 0 Å². The summed E-state index contributed by atoms with van der Waals surface area (Å²) in [7, 11) is 0.0324. The van der Waals surface area contributed by atoms with Gasteiger partial charge in [-0.3, -0.25) is 0 Å². The van der Waals surface area contributed by atoms with Crippen molar-refractivity contribution in [1.29, 1.82) is 0 Å². The molecule has 0 saturated carbocycles. The predicted molar refractivity (Wildman–Crippen MR) is 228 cm³/mol. The van der Waals surface area contributed by atoms with Crippen LogP contribution in [0, 0.1) is 13.8 Å². The second-order valence-corrected chi connectivity index (χ2v) is 28.5. The minimum atomic E-state index is 0. The summed E-state index contributed by atoms with van der Waals surface area (Å²) in [5, 5.41) is 2.70. The van der Waals surface area contributed by atoms with Crippen LogP contribution in [-0.2, 0) is 21.1 Å². The number of unbranched alkanes of at least 4 members (excludes halogenated alkanes) is 12. The zero-order valence-corrected chi connectivity index (χ0v) is 40.2. The molecule has 47 heavy (non-hydrogen) atoms. The van der Waals surface area contributed by atoms with E-state index in [2.05, 4.69) is 152 Å². The fraction of sp³-hybridized carbons (Fsp3) is 0.864. The van der Waals surface area contributed by atoms with Crippen molar-refractivity contribution in [1.82, 2.24) is 0 Å². The summed E-state index contributed by atoms with van der Waals surface area (Å²) in [5.41, 5.74) is 0. The van der Waals surface area contributed by atoms with Gasteiger partial charge < -0.3 is 13.8 Å². The molecule has 0 aliphatic carbocycles. The van der Waals surface area contributed by atoms with Gasteiger partial charge in [-0.1, -0.05) is 204 Å². The Kier molecular flexibility index (Phi) is 34.9. The summed E-state index contributed by atoms with van der Waals surface area (Å²) in [4.78, 5) is 0. The van der Waals surface area contributed by atoms with Gasteiger partial charge in [-0.15, -0.1) is 13.2 Å². The third-order valence-electron chi connectivity index (χ3n) is 7.34. The summed E-state index contributed by atoms with van der Waals surface area (Å²) in [6, 6.07) is 0. The van der Waals surface area contributed by atoms with Crippen molar-refractivity contribution in [3.63, 3.8) is 0 Å². The maximum Gasteiger partial charge on any atom is 2.00 e. The van der Waals surface area contributed by atoms with Crippen LogP contribution in [0.1, 0.15) is 215 Å². The molecule has 0 heterocycles. The average Bonchev–Trinajstić information content (AvgIpc) is 2.79. The smallest absolute Gasteiger partial charge is 0.343 e. The molecule has 0 N–H and O–H groups in total. The van der Waals surface area contributed by atoms with Crippen LogP contribution in [0.25, 0.3) is 0 Å². The van der Waals surface area contributed by atoms with Gasteiger partial charge in [0, 0.05) is 0 Å². The molecule has 0 aliphatic heterocycles. The number of hydrogen-bond donors (Lipinski definition) is 0. The second-order valence-electron chi connectivity index (χ2n) is 19.1. The summed E-state index contributed by atoms with van der Waals surface area (Å²) in [6.45, 7) is 57.9. The van der Waals surface area contributed by atoms with E-state index in [0.29, 0.717) is 30.9 Å². The van der Waals surface area contributed by atoms with Gasteiger partial charge in [0.15, 0.2) is 0 Å². The van der Waals surface area contributed by atoms with Crippen LogP contribution in [0.2, 0.25) is 0 Å². The average molecular weight is 878 g/mol. The first kappa shape index (κ1) is 57.4. The molecule has 0 aromatic heterocycles. The fourth-order valence-electron chi connectivity index (χ4n) is 8.03. The van der Waals surface area contributed by atoms with E-state index in [0.717, 1.165) is 12.8 Å². The molecule has 0 fully saturated rings. The first-order valence-corrected chi connectivity index (χ1v) is 21.7. The van der Waals surface area contributed by atoms with E-state index in [1.165, 1.54) is 77.0 Å². The monoisotopic (exact) mass is 878 g/mol. The van der Waals surface area contributed by atoms with E-state index >= 15 is 0 Å². The van der Waals surface area contributed by atoms with Gasteiger partial charge in [0.25, 0.3) is 0 Å². The fourth-order valence-corrected chi connectivity index (χ4v) is 20.1. The summed E-state index contributed by atoms with van der Waals surface area (Å²) in [6.07, 6.45) is 22.0. The van der Waals surface area contributed by atoms with E-state index in [4.69, 9.17) is 0 Å². The zero-order valence-electron chi connectivity index (χ0n) is 36.1. The molecule has 0 bridgehead atoms. The van der Waals surface area contributed by atoms with Crippen molar-refractivity contribution >= 4 is 15.8 Å². The van der Waals surface area contributed by atoms with Crippen LogP contribution in [0.4, 0.5) is 0 Å². The topological polar surface area (TPSA) is 0 Å². The Hall–Kier alpha value is 1.03. The number of allylic oxidation sites excluding steroid dienone is 2. The van der Waals surface area contributed by atoms with Gasteiger partial charge in [-0.05, 0) is 56.6 Å². The summed E-state index contributed by atoms with van der Waals surface area (Å²) < 4.78 is 0. The normalized spacial score (nSPS) is 12.6. The molecule has 0 spiro atoms. The van der Waals surface area contributed by atoms with E-state index < -0.39 is 0 Å². The van der Waals surface area contributed by atoms with Crippen LogP contribution in [0.15, 0.2) is 25.3 Å². The molecule has 288 valence electrons. The maximum absolute atomic E-state index is 3.80. The second kappa shape index (κ2) is 28.6. The Balaban J connectivity index is -0.000000167. The van der Waals surface area contributed by atoms with Crippen LogP contribution >= 0.6 is 15.8 Å². The van der Waals surface area contributed by atoms with E-state index in [1.807, 2.05) is 12.2 Å².